The van der Waals surface area contributed by atoms with Crippen LogP contribution in [0.4, 0.5) is 27.9 Å². The lowest BCUT2D eigenvalue weighted by Gasteiger charge is -2.54. The highest BCUT2D eigenvalue weighted by atomic mass is 32.2. The summed E-state index contributed by atoms with van der Waals surface area (Å²) in [5, 5.41) is 4.33. The van der Waals surface area contributed by atoms with Gasteiger partial charge in [-0.25, -0.2) is 19.0 Å². The maximum Gasteiger partial charge on any atom is 0.410 e. The minimum atomic E-state index is -2.34. The third-order valence-corrected chi connectivity index (χ3v) is 9.47. The molecular weight excluding hydrogens is 600 g/mol. The SMILES string of the molecule is CC(C)(C)OC(=O)N1CC2(CCN(c3ccc(Nc4ncc5cc(C6CC6)n(-c6cccc(N=S(C)(C)=O)n6)c5n4)cc3)CC2)C1. The van der Waals surface area contributed by atoms with E-state index in [1.54, 1.807) is 18.6 Å². The van der Waals surface area contributed by atoms with Gasteiger partial charge in [0.2, 0.25) is 5.95 Å². The molecule has 1 saturated carbocycles. The number of piperidine rings is 1. The van der Waals surface area contributed by atoms with Crippen LogP contribution in [-0.2, 0) is 14.5 Å². The van der Waals surface area contributed by atoms with E-state index >= 15 is 0 Å². The van der Waals surface area contributed by atoms with Crippen molar-refractivity contribution >= 4 is 50.0 Å². The average molecular weight is 643 g/mol. The summed E-state index contributed by atoms with van der Waals surface area (Å²) in [6.07, 6.45) is 9.25. The second-order valence-corrected chi connectivity index (χ2v) is 16.8. The summed E-state index contributed by atoms with van der Waals surface area (Å²) in [4.78, 5) is 31.0. The predicted molar refractivity (Wildman–Crippen MR) is 182 cm³/mol. The molecule has 5 heterocycles. The van der Waals surface area contributed by atoms with Crippen LogP contribution in [0.1, 0.15) is 58.1 Å². The molecule has 3 fully saturated rings. The molecule has 1 spiro atoms. The summed E-state index contributed by atoms with van der Waals surface area (Å²) < 4.78 is 24.3. The highest BCUT2D eigenvalue weighted by molar-refractivity contribution is 7.92. The third kappa shape index (κ3) is 6.53. The van der Waals surface area contributed by atoms with E-state index in [0.717, 1.165) is 74.3 Å². The van der Waals surface area contributed by atoms with Crippen molar-refractivity contribution in [1.82, 2.24) is 24.4 Å². The van der Waals surface area contributed by atoms with Crippen LogP contribution in [0.2, 0.25) is 0 Å². The summed E-state index contributed by atoms with van der Waals surface area (Å²) in [6.45, 7) is 9.21. The molecule has 2 saturated heterocycles. The zero-order valence-corrected chi connectivity index (χ0v) is 28.0. The number of likely N-dealkylation sites (tertiary alicyclic amines) is 1. The Kier molecular flexibility index (Phi) is 7.45. The molecule has 11 nitrogen and oxygen atoms in total. The van der Waals surface area contributed by atoms with Gasteiger partial charge in [0, 0.05) is 82.5 Å². The number of rotatable bonds is 6. The van der Waals surface area contributed by atoms with Gasteiger partial charge >= 0.3 is 6.09 Å². The van der Waals surface area contributed by atoms with Crippen molar-refractivity contribution < 1.29 is 13.7 Å². The monoisotopic (exact) mass is 642 g/mol. The van der Waals surface area contributed by atoms with E-state index in [2.05, 4.69) is 54.5 Å². The second kappa shape index (κ2) is 11.3. The van der Waals surface area contributed by atoms with Gasteiger partial charge in [-0.2, -0.15) is 9.35 Å². The Balaban J connectivity index is 1.04. The van der Waals surface area contributed by atoms with Gasteiger partial charge in [0.25, 0.3) is 0 Å². The molecule has 0 unspecified atom stereocenters. The van der Waals surface area contributed by atoms with Crippen LogP contribution in [0.15, 0.2) is 59.1 Å². The van der Waals surface area contributed by atoms with Crippen LogP contribution in [0.5, 0.6) is 0 Å². The van der Waals surface area contributed by atoms with Crippen molar-refractivity contribution in [3.8, 4) is 5.82 Å². The number of fused-ring (bicyclic) bond motifs is 1. The first-order valence-electron chi connectivity index (χ1n) is 16.0. The predicted octanol–water partition coefficient (Wildman–Crippen LogP) is 6.63. The van der Waals surface area contributed by atoms with Crippen LogP contribution in [-0.4, -0.2) is 79.0 Å². The van der Waals surface area contributed by atoms with Gasteiger partial charge in [-0.1, -0.05) is 6.07 Å². The van der Waals surface area contributed by atoms with Gasteiger partial charge in [-0.3, -0.25) is 4.57 Å². The van der Waals surface area contributed by atoms with Gasteiger partial charge in [-0.05, 0) is 94.8 Å². The Morgan fingerprint density at radius 1 is 1.04 bits per heavy atom. The van der Waals surface area contributed by atoms with Gasteiger partial charge in [0.1, 0.15) is 11.4 Å². The number of pyridine rings is 1. The van der Waals surface area contributed by atoms with Crippen molar-refractivity contribution in [1.29, 1.82) is 0 Å². The van der Waals surface area contributed by atoms with Gasteiger partial charge < -0.3 is 19.9 Å². The van der Waals surface area contributed by atoms with Gasteiger partial charge in [-0.15, -0.1) is 0 Å². The number of carbonyl (C=O) groups excluding carboxylic acids is 1. The number of aromatic nitrogens is 4. The molecule has 7 rings (SSSR count). The van der Waals surface area contributed by atoms with Crippen LogP contribution in [0, 0.1) is 5.41 Å². The maximum atomic E-state index is 12.4. The average Bonchev–Trinajstić information content (AvgIpc) is 3.75. The fraction of sp³-hybridized carbons (Fsp3) is 0.471. The number of nitrogens with one attached hydrogen (secondary N) is 1. The summed E-state index contributed by atoms with van der Waals surface area (Å²) in [7, 11) is -2.34. The number of hydrogen-bond acceptors (Lipinski definition) is 9. The van der Waals surface area contributed by atoms with Gasteiger partial charge in [0.05, 0.1) is 0 Å². The third-order valence-electron chi connectivity index (χ3n) is 8.84. The van der Waals surface area contributed by atoms with Crippen LogP contribution in [0.3, 0.4) is 0 Å². The van der Waals surface area contributed by atoms with E-state index in [-0.39, 0.29) is 11.5 Å². The van der Waals surface area contributed by atoms with E-state index in [0.29, 0.717) is 23.5 Å². The summed E-state index contributed by atoms with van der Waals surface area (Å²) in [5.74, 6) is 2.12. The molecule has 0 atom stereocenters. The first kappa shape index (κ1) is 30.5. The van der Waals surface area contributed by atoms with Crippen molar-refractivity contribution in [2.75, 3.05) is 48.9 Å². The van der Waals surface area contributed by atoms with Crippen LogP contribution < -0.4 is 10.2 Å². The van der Waals surface area contributed by atoms with E-state index < -0.39 is 15.3 Å². The Bertz CT molecular complexity index is 1890. The number of hydrogen-bond donors (Lipinski definition) is 1. The number of nitrogens with zero attached hydrogens (tertiary/aromatic N) is 7. The van der Waals surface area contributed by atoms with E-state index in [1.807, 2.05) is 44.0 Å². The van der Waals surface area contributed by atoms with Crippen LogP contribution >= 0.6 is 0 Å². The fourth-order valence-electron chi connectivity index (χ4n) is 6.46. The minimum absolute atomic E-state index is 0.203. The topological polar surface area (TPSA) is 118 Å². The molecule has 2 aliphatic heterocycles. The lowest BCUT2D eigenvalue weighted by atomic mass is 9.72. The minimum Gasteiger partial charge on any atom is -0.444 e. The molecule has 0 bridgehead atoms. The van der Waals surface area contributed by atoms with Gasteiger partial charge in [0.15, 0.2) is 11.5 Å². The van der Waals surface area contributed by atoms with E-state index in [1.165, 1.54) is 5.69 Å². The molecule has 46 heavy (non-hydrogen) atoms. The molecular formula is C34H42N8O3S. The number of anilines is 3. The summed E-state index contributed by atoms with van der Waals surface area (Å²) in [6, 6.07) is 16.2. The Morgan fingerprint density at radius 2 is 1.76 bits per heavy atom. The maximum absolute atomic E-state index is 12.4. The zero-order chi connectivity index (χ0) is 32.3. The lowest BCUT2D eigenvalue weighted by Crippen LogP contribution is -2.62. The number of carbonyl (C=O) groups is 1. The normalized spacial score (nSPS) is 18.0. The molecule has 1 amide bonds. The van der Waals surface area contributed by atoms with Crippen molar-refractivity contribution in [2.45, 2.75) is 58.0 Å². The molecule has 1 aliphatic carbocycles. The number of ether oxygens (including phenoxy) is 1. The highest BCUT2D eigenvalue weighted by Gasteiger charge is 2.47. The Hall–Kier alpha value is -4.19. The highest BCUT2D eigenvalue weighted by Crippen LogP contribution is 2.44. The Labute approximate surface area is 270 Å². The first-order chi connectivity index (χ1) is 21.8. The molecule has 0 radical (unpaired) electrons. The molecule has 3 aliphatic rings. The van der Waals surface area contributed by atoms with Crippen molar-refractivity contribution in [3.63, 3.8) is 0 Å². The van der Waals surface area contributed by atoms with E-state index in [4.69, 9.17) is 14.7 Å². The number of benzene rings is 1. The van der Waals surface area contributed by atoms with E-state index in [9.17, 15) is 9.00 Å². The standard InChI is InChI=1S/C34H42N8O3S/c1-33(2,3)45-32(43)41-21-34(22-41)15-17-40(18-16-34)26-13-11-25(12-14-26)36-31-35-20-24-19-27(23-9-10-23)42(30(24)38-31)29-8-6-7-28(37-29)39-46(4,5)44/h6-8,11-14,19-20,23H,9-10,15-18,21-22H2,1-5H3,(H,35,36,38). The van der Waals surface area contributed by atoms with Crippen LogP contribution in [0.25, 0.3) is 16.9 Å². The second-order valence-electron chi connectivity index (χ2n) is 14.3. The lowest BCUT2D eigenvalue weighted by molar-refractivity contribution is -0.0434. The molecule has 4 aromatic rings. The number of amides is 1. The largest absolute Gasteiger partial charge is 0.444 e. The molecule has 1 aromatic carbocycles. The molecule has 12 heteroatoms. The molecule has 1 N–H and O–H groups in total. The molecule has 242 valence electrons. The zero-order valence-electron chi connectivity index (χ0n) is 27.2. The summed E-state index contributed by atoms with van der Waals surface area (Å²) in [5.41, 5.74) is 3.77. The van der Waals surface area contributed by atoms with Crippen molar-refractivity contribution in [3.05, 3.63) is 60.4 Å². The smallest absolute Gasteiger partial charge is 0.410 e. The fourth-order valence-corrected chi connectivity index (χ4v) is 7.01. The van der Waals surface area contributed by atoms with Crippen molar-refractivity contribution in [2.24, 2.45) is 9.78 Å². The summed E-state index contributed by atoms with van der Waals surface area (Å²) >= 11 is 0. The first-order valence-corrected chi connectivity index (χ1v) is 18.3. The molecule has 3 aromatic heterocycles. The Morgan fingerprint density at radius 3 is 2.41 bits per heavy atom. The quantitative estimate of drug-likeness (QED) is 0.249.